The summed E-state index contributed by atoms with van der Waals surface area (Å²) in [6.45, 7) is 2.85. The first kappa shape index (κ1) is 30.7. The van der Waals surface area contributed by atoms with E-state index in [9.17, 15) is 18.0 Å². The zero-order valence-electron chi connectivity index (χ0n) is 25.1. The Morgan fingerprint density at radius 3 is 2.26 bits per heavy atom. The molecule has 0 unspecified atom stereocenters. The number of carbonyl (C=O) groups excluding carboxylic acids is 2. The van der Waals surface area contributed by atoms with Crippen molar-refractivity contribution in [2.75, 3.05) is 42.8 Å². The van der Waals surface area contributed by atoms with Crippen molar-refractivity contribution in [1.29, 1.82) is 0 Å². The van der Waals surface area contributed by atoms with Gasteiger partial charge in [-0.1, -0.05) is 30.3 Å². The molecule has 11 nitrogen and oxygen atoms in total. The molecule has 0 saturated carbocycles. The highest BCUT2D eigenvalue weighted by Crippen LogP contribution is 2.32. The van der Waals surface area contributed by atoms with Gasteiger partial charge in [0, 0.05) is 48.1 Å². The van der Waals surface area contributed by atoms with Gasteiger partial charge in [-0.2, -0.15) is 0 Å². The molecule has 0 spiro atoms. The minimum Gasteiger partial charge on any atom is -0.378 e. The lowest BCUT2D eigenvalue weighted by Crippen LogP contribution is -2.37. The molecule has 1 fully saturated rings. The fourth-order valence-electron chi connectivity index (χ4n) is 5.19. The number of amides is 3. The van der Waals surface area contributed by atoms with Gasteiger partial charge in [-0.3, -0.25) is 4.79 Å². The van der Waals surface area contributed by atoms with Gasteiger partial charge in [-0.05, 0) is 77.4 Å². The number of nitrogens with two attached hydrogens (primary N) is 1. The Hall–Kier alpha value is -5.33. The smallest absolute Gasteiger partial charge is 0.319 e. The number of sulfone groups is 1. The Bertz CT molecular complexity index is 2030. The number of fused-ring (bicyclic) bond motifs is 1. The van der Waals surface area contributed by atoms with Crippen molar-refractivity contribution < 1.29 is 22.7 Å². The third-order valence-electron chi connectivity index (χ3n) is 7.68. The van der Waals surface area contributed by atoms with Crippen molar-refractivity contribution in [3.05, 3.63) is 102 Å². The first-order valence-corrected chi connectivity index (χ1v) is 16.5. The average Bonchev–Trinajstić information content (AvgIpc) is 3.07. The summed E-state index contributed by atoms with van der Waals surface area (Å²) in [5.41, 5.74) is 10.2. The fraction of sp³-hybridized carbons (Fsp3) is 0.176. The van der Waals surface area contributed by atoms with Gasteiger partial charge < -0.3 is 26.0 Å². The Morgan fingerprint density at radius 2 is 1.57 bits per heavy atom. The molecule has 0 atom stereocenters. The maximum absolute atomic E-state index is 12.5. The SMILES string of the molecule is CS(=O)(=O)c1cccc(-c2ccc3c(N4CCOCC4)nc(-c4ccc(NC(=O)NCc5ccc(C(N)=O)cc5)cc4)nc3c2)c1. The summed E-state index contributed by atoms with van der Waals surface area (Å²) >= 11 is 0. The van der Waals surface area contributed by atoms with Gasteiger partial charge in [-0.25, -0.2) is 23.2 Å². The number of carbonyl (C=O) groups is 2. The number of morpholine rings is 1. The maximum atomic E-state index is 12.5. The third kappa shape index (κ3) is 6.98. The molecule has 1 aliphatic heterocycles. The van der Waals surface area contributed by atoms with Crippen LogP contribution in [-0.2, 0) is 21.1 Å². The van der Waals surface area contributed by atoms with Crippen molar-refractivity contribution in [3.8, 4) is 22.5 Å². The molecule has 46 heavy (non-hydrogen) atoms. The number of nitrogens with zero attached hydrogens (tertiary/aromatic N) is 3. The summed E-state index contributed by atoms with van der Waals surface area (Å²) < 4.78 is 29.9. The summed E-state index contributed by atoms with van der Waals surface area (Å²) in [6, 6.07) is 26.3. The Morgan fingerprint density at radius 1 is 0.870 bits per heavy atom. The lowest BCUT2D eigenvalue weighted by molar-refractivity contribution is 0.1000. The van der Waals surface area contributed by atoms with Gasteiger partial charge >= 0.3 is 6.03 Å². The van der Waals surface area contributed by atoms with Crippen LogP contribution in [0.5, 0.6) is 0 Å². The van der Waals surface area contributed by atoms with Crippen molar-refractivity contribution in [2.45, 2.75) is 11.4 Å². The van der Waals surface area contributed by atoms with E-state index in [0.29, 0.717) is 43.4 Å². The van der Waals surface area contributed by atoms with Gasteiger partial charge in [0.05, 0.1) is 23.6 Å². The summed E-state index contributed by atoms with van der Waals surface area (Å²) in [7, 11) is -3.36. The number of anilines is 2. The quantitative estimate of drug-likeness (QED) is 0.223. The van der Waals surface area contributed by atoms with Gasteiger partial charge in [0.25, 0.3) is 0 Å². The predicted octanol–water partition coefficient (Wildman–Crippen LogP) is 4.62. The highest BCUT2D eigenvalue weighted by atomic mass is 32.2. The van der Waals surface area contributed by atoms with E-state index in [-0.39, 0.29) is 17.5 Å². The topological polar surface area (TPSA) is 157 Å². The number of benzene rings is 4. The van der Waals surface area contributed by atoms with Crippen LogP contribution in [0, 0.1) is 0 Å². The molecule has 0 aliphatic carbocycles. The first-order chi connectivity index (χ1) is 22.1. The molecule has 4 N–H and O–H groups in total. The second-order valence-corrected chi connectivity index (χ2v) is 13.0. The number of urea groups is 1. The predicted molar refractivity (Wildman–Crippen MR) is 177 cm³/mol. The number of nitrogens with one attached hydrogen (secondary N) is 2. The molecule has 1 aliphatic rings. The van der Waals surface area contributed by atoms with E-state index < -0.39 is 15.7 Å². The maximum Gasteiger partial charge on any atom is 0.319 e. The number of rotatable bonds is 8. The van der Waals surface area contributed by atoms with E-state index in [0.717, 1.165) is 39.0 Å². The number of hydrogen-bond donors (Lipinski definition) is 3. The highest BCUT2D eigenvalue weighted by molar-refractivity contribution is 7.90. The number of primary amides is 1. The van der Waals surface area contributed by atoms with E-state index >= 15 is 0 Å². The van der Waals surface area contributed by atoms with Crippen LogP contribution in [0.3, 0.4) is 0 Å². The fourth-order valence-corrected chi connectivity index (χ4v) is 5.86. The van der Waals surface area contributed by atoms with Crippen LogP contribution in [-0.4, -0.2) is 62.9 Å². The number of aromatic nitrogens is 2. The molecule has 2 heterocycles. The van der Waals surface area contributed by atoms with Crippen LogP contribution in [0.4, 0.5) is 16.3 Å². The molecule has 3 amide bonds. The summed E-state index contributed by atoms with van der Waals surface area (Å²) in [6.07, 6.45) is 1.20. The minimum atomic E-state index is -3.36. The average molecular weight is 637 g/mol. The van der Waals surface area contributed by atoms with Crippen LogP contribution in [0.25, 0.3) is 33.4 Å². The van der Waals surface area contributed by atoms with E-state index in [4.69, 9.17) is 20.4 Å². The van der Waals surface area contributed by atoms with Crippen LogP contribution in [0.2, 0.25) is 0 Å². The Balaban J connectivity index is 1.25. The van der Waals surface area contributed by atoms with Gasteiger partial charge in [0.1, 0.15) is 5.82 Å². The van der Waals surface area contributed by atoms with Crippen LogP contribution in [0.1, 0.15) is 15.9 Å². The largest absolute Gasteiger partial charge is 0.378 e. The van der Waals surface area contributed by atoms with E-state index in [1.165, 1.54) is 6.26 Å². The molecule has 0 radical (unpaired) electrons. The number of ether oxygens (including phenoxy) is 1. The Kier molecular flexibility index (Phi) is 8.64. The molecular formula is C34H32N6O5S. The second-order valence-electron chi connectivity index (χ2n) is 10.9. The summed E-state index contributed by atoms with van der Waals surface area (Å²) in [5, 5.41) is 6.50. The molecular weight excluding hydrogens is 604 g/mol. The van der Waals surface area contributed by atoms with Gasteiger partial charge in [-0.15, -0.1) is 0 Å². The highest BCUT2D eigenvalue weighted by Gasteiger charge is 2.19. The standard InChI is InChI=1S/C34H32N6O5S/c1-46(43,44)28-4-2-3-25(19-28)26-11-14-29-30(20-26)38-32(39-33(29)40-15-17-45-18-16-40)24-9-12-27(13-10-24)37-34(42)36-21-22-5-7-23(8-6-22)31(35)41/h2-14,19-20H,15-18,21H2,1H3,(H2,35,41)(H2,36,37,42). The Labute approximate surface area is 266 Å². The summed E-state index contributed by atoms with van der Waals surface area (Å²) in [4.78, 5) is 36.1. The zero-order valence-corrected chi connectivity index (χ0v) is 25.9. The monoisotopic (exact) mass is 636 g/mol. The molecule has 5 aromatic rings. The molecule has 0 bridgehead atoms. The van der Waals surface area contributed by atoms with Crippen LogP contribution in [0.15, 0.2) is 95.9 Å². The molecule has 6 rings (SSSR count). The van der Waals surface area contributed by atoms with Crippen LogP contribution >= 0.6 is 0 Å². The zero-order chi connectivity index (χ0) is 32.3. The van der Waals surface area contributed by atoms with Gasteiger partial charge in [0.2, 0.25) is 5.91 Å². The van der Waals surface area contributed by atoms with Crippen molar-refractivity contribution in [3.63, 3.8) is 0 Å². The third-order valence-corrected chi connectivity index (χ3v) is 8.79. The van der Waals surface area contributed by atoms with Gasteiger partial charge in [0.15, 0.2) is 15.7 Å². The number of hydrogen-bond acceptors (Lipinski definition) is 8. The summed E-state index contributed by atoms with van der Waals surface area (Å²) in [5.74, 6) is 0.811. The van der Waals surface area contributed by atoms with E-state index in [2.05, 4.69) is 15.5 Å². The lowest BCUT2D eigenvalue weighted by atomic mass is 10.0. The molecule has 234 valence electrons. The van der Waals surface area contributed by atoms with Crippen molar-refractivity contribution in [1.82, 2.24) is 15.3 Å². The molecule has 4 aromatic carbocycles. The first-order valence-electron chi connectivity index (χ1n) is 14.6. The molecule has 1 saturated heterocycles. The molecule has 1 aromatic heterocycles. The van der Waals surface area contributed by atoms with Crippen molar-refractivity contribution in [2.24, 2.45) is 5.73 Å². The second kappa shape index (κ2) is 13.0. The van der Waals surface area contributed by atoms with Crippen LogP contribution < -0.4 is 21.3 Å². The molecule has 12 heteroatoms. The normalized spacial score (nSPS) is 13.4. The minimum absolute atomic E-state index is 0.253. The van der Waals surface area contributed by atoms with E-state index in [1.54, 1.807) is 54.6 Å². The van der Waals surface area contributed by atoms with E-state index in [1.807, 2.05) is 36.4 Å². The van der Waals surface area contributed by atoms with Crippen molar-refractivity contribution >= 4 is 44.2 Å². The lowest BCUT2D eigenvalue weighted by Gasteiger charge is -2.29.